The average molecular weight is 462 g/mol. The van der Waals surface area contributed by atoms with Gasteiger partial charge in [-0.15, -0.1) is 0 Å². The Morgan fingerprint density at radius 3 is 2.73 bits per heavy atom. The molecule has 162 valence electrons. The van der Waals surface area contributed by atoms with E-state index in [1.807, 2.05) is 0 Å². The molecule has 0 spiro atoms. The quantitative estimate of drug-likeness (QED) is 0.419. The minimum Gasteiger partial charge on any atom is -0.493 e. The Morgan fingerprint density at radius 1 is 1.24 bits per heavy atom. The summed E-state index contributed by atoms with van der Waals surface area (Å²) in [6.07, 6.45) is 1.22. The first-order valence-corrected chi connectivity index (χ1v) is 10.0. The normalized spacial score (nSPS) is 12.0. The van der Waals surface area contributed by atoms with E-state index >= 15 is 0 Å². The summed E-state index contributed by atoms with van der Waals surface area (Å²) >= 11 is 5.81. The zero-order valence-corrected chi connectivity index (χ0v) is 17.7. The van der Waals surface area contributed by atoms with Crippen LogP contribution in [-0.4, -0.2) is 24.3 Å². The van der Waals surface area contributed by atoms with Gasteiger partial charge in [-0.05, 0) is 48.9 Å². The van der Waals surface area contributed by atoms with Crippen LogP contribution in [0.1, 0.15) is 16.7 Å². The molecule has 0 saturated carbocycles. The molecule has 10 heteroatoms. The third kappa shape index (κ3) is 3.00. The third-order valence-corrected chi connectivity index (χ3v) is 5.76. The van der Waals surface area contributed by atoms with Crippen molar-refractivity contribution < 1.29 is 9.50 Å². The van der Waals surface area contributed by atoms with Crippen molar-refractivity contribution in [2.24, 2.45) is 0 Å². The molecular weight excluding hydrogens is 449 g/mol. The SMILES string of the molecule is Cc1c(C#N)c2nc3ccccc3n2c(=O)/c1=C\c1c(O)n(-c2ccc(F)c(Cl)c2)[nH]c1=O. The monoisotopic (exact) mass is 461 g/mol. The third-order valence-electron chi connectivity index (χ3n) is 5.47. The average Bonchev–Trinajstić information content (AvgIpc) is 3.31. The molecule has 33 heavy (non-hydrogen) atoms. The molecule has 3 heterocycles. The number of benzene rings is 2. The van der Waals surface area contributed by atoms with Crippen molar-refractivity contribution in [1.29, 1.82) is 5.26 Å². The van der Waals surface area contributed by atoms with E-state index in [1.54, 1.807) is 31.2 Å². The molecule has 0 radical (unpaired) electrons. The number of rotatable bonds is 2. The highest BCUT2D eigenvalue weighted by molar-refractivity contribution is 6.30. The smallest absolute Gasteiger partial charge is 0.275 e. The van der Waals surface area contributed by atoms with Crippen LogP contribution in [0.15, 0.2) is 52.1 Å². The lowest BCUT2D eigenvalue weighted by Gasteiger charge is -2.05. The standard InChI is InChI=1S/C23H13ClFN5O3/c1-11-13(22(32)29-19-5-3-2-4-18(19)27-20(29)15(11)10-26)9-14-21(31)28-30(23(14)33)12-6-7-17(25)16(24)8-12/h2-9,33H,1H3,(H,28,31)/b13-9-. The fourth-order valence-corrected chi connectivity index (χ4v) is 3.98. The zero-order chi connectivity index (χ0) is 23.4. The predicted octanol–water partition coefficient (Wildman–Crippen LogP) is 2.55. The number of aromatic hydroxyl groups is 1. The lowest BCUT2D eigenvalue weighted by atomic mass is 10.1. The van der Waals surface area contributed by atoms with Crippen LogP contribution in [0.3, 0.4) is 0 Å². The molecule has 2 aromatic carbocycles. The second kappa shape index (κ2) is 7.32. The van der Waals surface area contributed by atoms with Gasteiger partial charge in [0.15, 0.2) is 5.65 Å². The summed E-state index contributed by atoms with van der Waals surface area (Å²) in [5.74, 6) is -1.16. The van der Waals surface area contributed by atoms with Crippen molar-refractivity contribution in [1.82, 2.24) is 19.2 Å². The first-order chi connectivity index (χ1) is 15.8. The van der Waals surface area contributed by atoms with Gasteiger partial charge in [-0.1, -0.05) is 23.7 Å². The molecule has 0 atom stereocenters. The van der Waals surface area contributed by atoms with Gasteiger partial charge in [0, 0.05) is 5.22 Å². The number of aromatic amines is 1. The van der Waals surface area contributed by atoms with Gasteiger partial charge in [-0.3, -0.25) is 19.1 Å². The zero-order valence-electron chi connectivity index (χ0n) is 16.9. The van der Waals surface area contributed by atoms with Crippen LogP contribution >= 0.6 is 11.6 Å². The Kier molecular flexibility index (Phi) is 4.55. The minimum absolute atomic E-state index is 0.0536. The van der Waals surface area contributed by atoms with Crippen molar-refractivity contribution in [3.63, 3.8) is 0 Å². The summed E-state index contributed by atoms with van der Waals surface area (Å²) in [5, 5.41) is 22.8. The number of fused-ring (bicyclic) bond motifs is 3. The highest BCUT2D eigenvalue weighted by Gasteiger charge is 2.19. The molecule has 0 amide bonds. The molecule has 0 saturated heterocycles. The Bertz CT molecular complexity index is 1830. The van der Waals surface area contributed by atoms with Crippen LogP contribution in [0.25, 0.3) is 28.4 Å². The molecule has 8 nitrogen and oxygen atoms in total. The van der Waals surface area contributed by atoms with E-state index in [1.165, 1.54) is 22.6 Å². The van der Waals surface area contributed by atoms with Gasteiger partial charge in [0.1, 0.15) is 17.4 Å². The summed E-state index contributed by atoms with van der Waals surface area (Å²) in [6.45, 7) is 1.58. The Morgan fingerprint density at radius 2 is 2.00 bits per heavy atom. The van der Waals surface area contributed by atoms with Crippen LogP contribution in [0, 0.1) is 24.1 Å². The van der Waals surface area contributed by atoms with E-state index in [-0.39, 0.29) is 32.7 Å². The highest BCUT2D eigenvalue weighted by atomic mass is 35.5. The lowest BCUT2D eigenvalue weighted by molar-refractivity contribution is 0.432. The van der Waals surface area contributed by atoms with Gasteiger partial charge in [-0.25, -0.2) is 14.1 Å². The Labute approximate surface area is 189 Å². The number of nitrogens with zero attached hydrogens (tertiary/aromatic N) is 4. The number of para-hydroxylation sites is 2. The number of hydrogen-bond donors (Lipinski definition) is 2. The van der Waals surface area contributed by atoms with E-state index in [0.717, 1.165) is 10.7 Å². The number of aromatic nitrogens is 4. The van der Waals surface area contributed by atoms with Crippen LogP contribution in [0.4, 0.5) is 4.39 Å². The molecule has 0 bridgehead atoms. The number of nitrogens with one attached hydrogen (secondary N) is 1. The first kappa shape index (κ1) is 20.5. The molecule has 0 unspecified atom stereocenters. The second-order valence-electron chi connectivity index (χ2n) is 7.35. The minimum atomic E-state index is -0.694. The molecule has 2 N–H and O–H groups in total. The van der Waals surface area contributed by atoms with Crippen LogP contribution in [0.5, 0.6) is 5.88 Å². The van der Waals surface area contributed by atoms with Crippen molar-refractivity contribution in [3.8, 4) is 17.6 Å². The van der Waals surface area contributed by atoms with Crippen LogP contribution in [-0.2, 0) is 0 Å². The summed E-state index contributed by atoms with van der Waals surface area (Å²) < 4.78 is 15.8. The van der Waals surface area contributed by atoms with E-state index in [9.17, 15) is 24.3 Å². The maximum Gasteiger partial charge on any atom is 0.275 e. The first-order valence-electron chi connectivity index (χ1n) is 9.67. The molecule has 5 aromatic rings. The second-order valence-corrected chi connectivity index (χ2v) is 7.75. The largest absolute Gasteiger partial charge is 0.493 e. The maximum atomic E-state index is 13.5. The molecule has 0 aliphatic heterocycles. The summed E-state index contributed by atoms with van der Waals surface area (Å²) in [4.78, 5) is 30.4. The maximum absolute atomic E-state index is 13.5. The number of pyridine rings is 1. The number of hydrogen-bond acceptors (Lipinski definition) is 5. The molecule has 3 aromatic heterocycles. The fourth-order valence-electron chi connectivity index (χ4n) is 3.81. The molecule has 0 aliphatic rings. The van der Waals surface area contributed by atoms with Crippen molar-refractivity contribution in [2.75, 3.05) is 0 Å². The Balaban J connectivity index is 1.84. The predicted molar refractivity (Wildman–Crippen MR) is 120 cm³/mol. The lowest BCUT2D eigenvalue weighted by Crippen LogP contribution is -2.34. The number of imidazole rings is 1. The van der Waals surface area contributed by atoms with Crippen molar-refractivity contribution in [2.45, 2.75) is 6.92 Å². The Hall–Kier alpha value is -4.42. The van der Waals surface area contributed by atoms with Gasteiger partial charge in [0.05, 0.1) is 27.3 Å². The summed E-state index contributed by atoms with van der Waals surface area (Å²) in [7, 11) is 0. The van der Waals surface area contributed by atoms with Gasteiger partial charge in [-0.2, -0.15) is 5.26 Å². The fraction of sp³-hybridized carbons (Fsp3) is 0.0435. The van der Waals surface area contributed by atoms with E-state index in [2.05, 4.69) is 16.2 Å². The van der Waals surface area contributed by atoms with Crippen molar-refractivity contribution in [3.05, 3.63) is 95.9 Å². The van der Waals surface area contributed by atoms with E-state index < -0.39 is 22.8 Å². The number of halogens is 2. The van der Waals surface area contributed by atoms with Gasteiger partial charge < -0.3 is 5.11 Å². The molecule has 0 aliphatic carbocycles. The van der Waals surface area contributed by atoms with Gasteiger partial charge in [0.25, 0.3) is 11.1 Å². The van der Waals surface area contributed by atoms with Gasteiger partial charge >= 0.3 is 0 Å². The van der Waals surface area contributed by atoms with E-state index in [0.29, 0.717) is 16.6 Å². The summed E-state index contributed by atoms with van der Waals surface area (Å²) in [5.41, 5.74) is 0.594. The molecule has 5 rings (SSSR count). The van der Waals surface area contributed by atoms with Crippen molar-refractivity contribution >= 4 is 34.4 Å². The topological polar surface area (TPSA) is 116 Å². The van der Waals surface area contributed by atoms with E-state index in [4.69, 9.17) is 11.6 Å². The summed E-state index contributed by atoms with van der Waals surface area (Å²) in [6, 6.07) is 12.7. The number of H-pyrrole nitrogens is 1. The van der Waals surface area contributed by atoms with Crippen LogP contribution < -0.4 is 16.3 Å². The highest BCUT2D eigenvalue weighted by Crippen LogP contribution is 2.23. The van der Waals surface area contributed by atoms with Crippen LogP contribution in [0.2, 0.25) is 5.02 Å². The molecular formula is C23H13ClFN5O3. The van der Waals surface area contributed by atoms with Gasteiger partial charge in [0.2, 0.25) is 5.88 Å². The number of nitriles is 1. The molecule has 0 fully saturated rings.